The smallest absolute Gasteiger partial charge is 0.147 e. The summed E-state index contributed by atoms with van der Waals surface area (Å²) in [5, 5.41) is 18.1. The van der Waals surface area contributed by atoms with Crippen LogP contribution in [-0.4, -0.2) is 61.4 Å². The second kappa shape index (κ2) is 4.52. The number of hydrogen-bond donors (Lipinski definition) is 2. The molecule has 6 nitrogen and oxygen atoms in total. The Morgan fingerprint density at radius 3 is 1.57 bits per heavy atom. The van der Waals surface area contributed by atoms with Gasteiger partial charge in [0, 0.05) is 0 Å². The first kappa shape index (κ1) is 10.3. The van der Waals surface area contributed by atoms with Crippen LogP contribution in [0.25, 0.3) is 0 Å². The molecule has 6 heteroatoms. The summed E-state index contributed by atoms with van der Waals surface area (Å²) in [6, 6.07) is 0. The van der Waals surface area contributed by atoms with E-state index in [1.54, 1.807) is 0 Å². The highest BCUT2D eigenvalue weighted by Gasteiger charge is 2.43. The predicted octanol–water partition coefficient (Wildman–Crippen LogP) is -1.55. The Labute approximate surface area is 81.3 Å². The van der Waals surface area contributed by atoms with Gasteiger partial charge in [0.1, 0.15) is 38.0 Å². The molecule has 2 rings (SSSR count). The highest BCUT2D eigenvalue weighted by Crippen LogP contribution is 2.25. The first-order valence-electron chi connectivity index (χ1n) is 4.55. The van der Waals surface area contributed by atoms with Crippen LogP contribution in [0.2, 0.25) is 0 Å². The molecule has 0 spiro atoms. The second-order valence-corrected chi connectivity index (χ2v) is 3.27. The summed E-state index contributed by atoms with van der Waals surface area (Å²) in [6.07, 6.45) is -1.52. The van der Waals surface area contributed by atoms with Gasteiger partial charge in [-0.15, -0.1) is 0 Å². The van der Waals surface area contributed by atoms with Gasteiger partial charge in [-0.3, -0.25) is 0 Å². The van der Waals surface area contributed by atoms with Crippen LogP contribution < -0.4 is 0 Å². The normalized spacial score (nSPS) is 43.3. The van der Waals surface area contributed by atoms with E-state index in [0.717, 1.165) is 0 Å². The van der Waals surface area contributed by atoms with Gasteiger partial charge in [0.2, 0.25) is 0 Å². The van der Waals surface area contributed by atoms with Crippen LogP contribution in [0.1, 0.15) is 0 Å². The summed E-state index contributed by atoms with van der Waals surface area (Å²) >= 11 is 0. The van der Waals surface area contributed by atoms with Gasteiger partial charge in [-0.1, -0.05) is 0 Å². The minimum Gasteiger partial charge on any atom is -0.394 e. The standard InChI is InChI=1S/C8H14O6/c9-1-5-7-8(14-3-11-5)6(2-10)12-4-13-7/h5-10H,1-4H2/t5-,6+,7-,8+. The van der Waals surface area contributed by atoms with Crippen LogP contribution in [0.15, 0.2) is 0 Å². The molecule has 82 valence electrons. The quantitative estimate of drug-likeness (QED) is 0.570. The number of aliphatic hydroxyl groups is 2. The van der Waals surface area contributed by atoms with Crippen molar-refractivity contribution in [3.8, 4) is 0 Å². The molecule has 0 radical (unpaired) electrons. The Morgan fingerprint density at radius 2 is 1.21 bits per heavy atom. The summed E-state index contributed by atoms with van der Waals surface area (Å²) in [5.74, 6) is 0. The van der Waals surface area contributed by atoms with Gasteiger partial charge >= 0.3 is 0 Å². The Hall–Kier alpha value is -0.240. The maximum atomic E-state index is 9.03. The molecule has 2 aliphatic rings. The molecule has 2 heterocycles. The lowest BCUT2D eigenvalue weighted by molar-refractivity contribution is -0.328. The monoisotopic (exact) mass is 206 g/mol. The minimum atomic E-state index is -0.397. The molecular weight excluding hydrogens is 192 g/mol. The summed E-state index contributed by atoms with van der Waals surface area (Å²) in [6.45, 7) is -0.0590. The molecule has 0 aromatic rings. The van der Waals surface area contributed by atoms with Gasteiger partial charge in [0.15, 0.2) is 0 Å². The van der Waals surface area contributed by atoms with Crippen molar-refractivity contribution in [2.45, 2.75) is 24.4 Å². The average Bonchev–Trinajstić information content (AvgIpc) is 2.27. The summed E-state index contributed by atoms with van der Waals surface area (Å²) in [5.41, 5.74) is 0. The summed E-state index contributed by atoms with van der Waals surface area (Å²) < 4.78 is 20.9. The van der Waals surface area contributed by atoms with Crippen molar-refractivity contribution in [1.82, 2.24) is 0 Å². The van der Waals surface area contributed by atoms with Gasteiger partial charge in [-0.2, -0.15) is 0 Å². The highest BCUT2D eigenvalue weighted by molar-refractivity contribution is 4.88. The Bertz CT molecular complexity index is 167. The van der Waals surface area contributed by atoms with Gasteiger partial charge < -0.3 is 29.2 Å². The lowest BCUT2D eigenvalue weighted by Gasteiger charge is -2.43. The number of hydrogen-bond acceptors (Lipinski definition) is 6. The van der Waals surface area contributed by atoms with Crippen LogP contribution in [0.5, 0.6) is 0 Å². The van der Waals surface area contributed by atoms with E-state index in [1.807, 2.05) is 0 Å². The van der Waals surface area contributed by atoms with Crippen molar-refractivity contribution in [2.24, 2.45) is 0 Å². The third kappa shape index (κ3) is 1.77. The van der Waals surface area contributed by atoms with Crippen molar-refractivity contribution < 1.29 is 29.2 Å². The fraction of sp³-hybridized carbons (Fsp3) is 1.00. The van der Waals surface area contributed by atoms with Crippen molar-refractivity contribution in [1.29, 1.82) is 0 Å². The maximum Gasteiger partial charge on any atom is 0.147 e. The molecule has 0 bridgehead atoms. The molecule has 0 saturated carbocycles. The Balaban J connectivity index is 2.04. The SMILES string of the molecule is OC[C@@H]1OCO[C@H]2[C@H]1OCO[C@@H]2CO. The van der Waals surface area contributed by atoms with Gasteiger partial charge in [0.05, 0.1) is 13.2 Å². The zero-order chi connectivity index (χ0) is 9.97. The van der Waals surface area contributed by atoms with E-state index < -0.39 is 12.2 Å². The topological polar surface area (TPSA) is 77.4 Å². The molecule has 0 aromatic heterocycles. The lowest BCUT2D eigenvalue weighted by Crippen LogP contribution is -2.58. The molecule has 0 unspecified atom stereocenters. The molecule has 0 aliphatic carbocycles. The number of aliphatic hydroxyl groups excluding tert-OH is 2. The van der Waals surface area contributed by atoms with Gasteiger partial charge in [-0.05, 0) is 0 Å². The van der Waals surface area contributed by atoms with Crippen molar-refractivity contribution in [3.63, 3.8) is 0 Å². The summed E-state index contributed by atoms with van der Waals surface area (Å²) in [7, 11) is 0. The van der Waals surface area contributed by atoms with E-state index in [-0.39, 0.29) is 39.0 Å². The van der Waals surface area contributed by atoms with E-state index >= 15 is 0 Å². The largest absolute Gasteiger partial charge is 0.394 e. The van der Waals surface area contributed by atoms with E-state index in [1.165, 1.54) is 0 Å². The van der Waals surface area contributed by atoms with Gasteiger partial charge in [0.25, 0.3) is 0 Å². The zero-order valence-electron chi connectivity index (χ0n) is 7.67. The minimum absolute atomic E-state index is 0.0929. The molecule has 14 heavy (non-hydrogen) atoms. The number of ether oxygens (including phenoxy) is 4. The molecule has 2 fully saturated rings. The fourth-order valence-electron chi connectivity index (χ4n) is 1.74. The van der Waals surface area contributed by atoms with Crippen molar-refractivity contribution >= 4 is 0 Å². The zero-order valence-corrected chi connectivity index (χ0v) is 7.67. The van der Waals surface area contributed by atoms with Crippen LogP contribution in [0.4, 0.5) is 0 Å². The molecule has 2 N–H and O–H groups in total. The maximum absolute atomic E-state index is 9.03. The van der Waals surface area contributed by atoms with Crippen molar-refractivity contribution in [2.75, 3.05) is 26.8 Å². The Kier molecular flexibility index (Phi) is 3.32. The van der Waals surface area contributed by atoms with E-state index in [0.29, 0.717) is 0 Å². The molecule has 4 atom stereocenters. The van der Waals surface area contributed by atoms with Crippen LogP contribution >= 0.6 is 0 Å². The van der Waals surface area contributed by atoms with Gasteiger partial charge in [-0.25, -0.2) is 0 Å². The van der Waals surface area contributed by atoms with E-state index in [2.05, 4.69) is 0 Å². The predicted molar refractivity (Wildman–Crippen MR) is 43.4 cm³/mol. The first-order valence-corrected chi connectivity index (χ1v) is 4.55. The third-order valence-corrected chi connectivity index (χ3v) is 2.50. The molecule has 2 aliphatic heterocycles. The Morgan fingerprint density at radius 1 is 0.786 bits per heavy atom. The lowest BCUT2D eigenvalue weighted by atomic mass is 10.0. The first-order chi connectivity index (χ1) is 6.86. The van der Waals surface area contributed by atoms with Crippen LogP contribution in [-0.2, 0) is 18.9 Å². The van der Waals surface area contributed by atoms with Crippen LogP contribution in [0.3, 0.4) is 0 Å². The third-order valence-electron chi connectivity index (χ3n) is 2.50. The van der Waals surface area contributed by atoms with E-state index in [4.69, 9.17) is 29.2 Å². The highest BCUT2D eigenvalue weighted by atomic mass is 16.8. The molecule has 2 saturated heterocycles. The second-order valence-electron chi connectivity index (χ2n) is 3.27. The van der Waals surface area contributed by atoms with Crippen molar-refractivity contribution in [3.05, 3.63) is 0 Å². The fourth-order valence-corrected chi connectivity index (χ4v) is 1.74. The molecule has 0 amide bonds. The number of fused-ring (bicyclic) bond motifs is 1. The van der Waals surface area contributed by atoms with Crippen LogP contribution in [0, 0.1) is 0 Å². The summed E-state index contributed by atoms with van der Waals surface area (Å²) in [4.78, 5) is 0. The molecule has 0 aromatic carbocycles. The average molecular weight is 206 g/mol. The molecular formula is C8H14O6. The number of rotatable bonds is 2. The van der Waals surface area contributed by atoms with E-state index in [9.17, 15) is 0 Å².